The number of benzene rings is 10. The highest BCUT2D eigenvalue weighted by atomic mass is 16.3. The molecule has 2 heterocycles. The highest BCUT2D eigenvalue weighted by Crippen LogP contribution is 2.42. The Morgan fingerprint density at radius 3 is 1.76 bits per heavy atom. The van der Waals surface area contributed by atoms with Crippen LogP contribution in [-0.2, 0) is 0 Å². The van der Waals surface area contributed by atoms with Crippen LogP contribution in [0.2, 0.25) is 0 Å². The van der Waals surface area contributed by atoms with Crippen LogP contribution in [0, 0.1) is 0 Å². The SMILES string of the molecule is c1ccc(-c2ccc(N(c3ccc4c(ccc5ccccc54)c3)c3ccc4oc5cc(-c6ccc7c(c6)c6ccccc6n7-c6ccccc6)ccc5c4c3)cc2)cc1. The molecule has 3 heteroatoms. The van der Waals surface area contributed by atoms with Crippen LogP contribution in [0.3, 0.4) is 0 Å². The second-order valence-corrected chi connectivity index (χ2v) is 15.4. The zero-order valence-electron chi connectivity index (χ0n) is 32.1. The van der Waals surface area contributed by atoms with Crippen molar-refractivity contribution in [1.29, 1.82) is 0 Å². The number of furan rings is 1. The third-order valence-corrected chi connectivity index (χ3v) is 12.0. The van der Waals surface area contributed by atoms with Crippen LogP contribution < -0.4 is 4.90 Å². The van der Waals surface area contributed by atoms with Gasteiger partial charge in [-0.05, 0) is 129 Å². The standard InChI is InChI=1S/C56H36N2O/c1-3-11-37(12-4-1)38-21-25-44(26-22-38)57(45-27-30-48-42(33-45)20-19-39-13-7-8-16-47(39)48)46-28-32-55-52(36-46)50-29-23-41(35-56(50)59-55)40-24-31-54-51(34-40)49-17-9-10-18-53(49)58(54)43-14-5-2-6-15-43/h1-36H. The molecule has 276 valence electrons. The molecule has 12 aromatic rings. The van der Waals surface area contributed by atoms with Gasteiger partial charge in [-0.15, -0.1) is 0 Å². The Hall–Kier alpha value is -7.88. The van der Waals surface area contributed by atoms with Gasteiger partial charge >= 0.3 is 0 Å². The van der Waals surface area contributed by atoms with E-state index < -0.39 is 0 Å². The average molecular weight is 753 g/mol. The summed E-state index contributed by atoms with van der Waals surface area (Å²) in [5.74, 6) is 0. The Morgan fingerprint density at radius 1 is 0.305 bits per heavy atom. The number of hydrogen-bond acceptors (Lipinski definition) is 2. The van der Waals surface area contributed by atoms with Gasteiger partial charge in [-0.2, -0.15) is 0 Å². The van der Waals surface area contributed by atoms with Gasteiger partial charge in [0.05, 0.1) is 11.0 Å². The molecule has 0 amide bonds. The van der Waals surface area contributed by atoms with Crippen molar-refractivity contribution in [3.63, 3.8) is 0 Å². The lowest BCUT2D eigenvalue weighted by atomic mass is 10.0. The smallest absolute Gasteiger partial charge is 0.136 e. The quantitative estimate of drug-likeness (QED) is 0.158. The van der Waals surface area contributed by atoms with Gasteiger partial charge in [0, 0.05) is 44.3 Å². The van der Waals surface area contributed by atoms with Crippen LogP contribution in [-0.4, -0.2) is 4.57 Å². The zero-order chi connectivity index (χ0) is 38.9. The summed E-state index contributed by atoms with van der Waals surface area (Å²) in [7, 11) is 0. The molecule has 0 radical (unpaired) electrons. The van der Waals surface area contributed by atoms with E-state index >= 15 is 0 Å². The minimum Gasteiger partial charge on any atom is -0.456 e. The minimum atomic E-state index is 0.867. The Balaban J connectivity index is 0.970. The normalized spacial score (nSPS) is 11.7. The highest BCUT2D eigenvalue weighted by molar-refractivity contribution is 6.12. The number of nitrogens with zero attached hydrogens (tertiary/aromatic N) is 2. The lowest BCUT2D eigenvalue weighted by Crippen LogP contribution is -2.09. The molecule has 0 spiro atoms. The summed E-state index contributed by atoms with van der Waals surface area (Å²) >= 11 is 0. The van der Waals surface area contributed by atoms with Crippen molar-refractivity contribution < 1.29 is 4.42 Å². The lowest BCUT2D eigenvalue weighted by molar-refractivity contribution is 0.669. The lowest BCUT2D eigenvalue weighted by Gasteiger charge is -2.26. The highest BCUT2D eigenvalue weighted by Gasteiger charge is 2.18. The Bertz CT molecular complexity index is 3540. The summed E-state index contributed by atoms with van der Waals surface area (Å²) < 4.78 is 8.98. The molecule has 10 aromatic carbocycles. The molecule has 0 N–H and O–H groups in total. The van der Waals surface area contributed by atoms with Gasteiger partial charge in [0.2, 0.25) is 0 Å². The van der Waals surface area contributed by atoms with E-state index in [2.05, 4.69) is 228 Å². The molecule has 0 bridgehead atoms. The molecule has 0 aliphatic heterocycles. The van der Waals surface area contributed by atoms with E-state index in [9.17, 15) is 0 Å². The average Bonchev–Trinajstić information content (AvgIpc) is 3.84. The Kier molecular flexibility index (Phi) is 7.54. The monoisotopic (exact) mass is 752 g/mol. The first kappa shape index (κ1) is 33.3. The van der Waals surface area contributed by atoms with Gasteiger partial charge in [-0.3, -0.25) is 0 Å². The first-order valence-electron chi connectivity index (χ1n) is 20.2. The third-order valence-electron chi connectivity index (χ3n) is 12.0. The minimum absolute atomic E-state index is 0.867. The summed E-state index contributed by atoms with van der Waals surface area (Å²) in [5.41, 5.74) is 13.2. The summed E-state index contributed by atoms with van der Waals surface area (Å²) in [5, 5.41) is 9.62. The molecular weight excluding hydrogens is 717 g/mol. The predicted molar refractivity (Wildman–Crippen MR) is 249 cm³/mol. The fourth-order valence-electron chi connectivity index (χ4n) is 9.11. The van der Waals surface area contributed by atoms with E-state index in [0.717, 1.165) is 55.8 Å². The molecular formula is C56H36N2O. The second-order valence-electron chi connectivity index (χ2n) is 15.4. The third kappa shape index (κ3) is 5.51. The fourth-order valence-corrected chi connectivity index (χ4v) is 9.11. The molecule has 3 nitrogen and oxygen atoms in total. The molecule has 0 atom stereocenters. The molecule has 12 rings (SSSR count). The molecule has 0 saturated heterocycles. The van der Waals surface area contributed by atoms with E-state index in [1.807, 2.05) is 0 Å². The Morgan fingerprint density at radius 2 is 0.898 bits per heavy atom. The van der Waals surface area contributed by atoms with Crippen molar-refractivity contribution in [2.24, 2.45) is 0 Å². The van der Waals surface area contributed by atoms with Crippen LogP contribution >= 0.6 is 0 Å². The first-order valence-corrected chi connectivity index (χ1v) is 20.2. The summed E-state index contributed by atoms with van der Waals surface area (Å²) in [6, 6.07) is 78.7. The summed E-state index contributed by atoms with van der Waals surface area (Å²) in [4.78, 5) is 2.36. The number of fused-ring (bicyclic) bond motifs is 9. The van der Waals surface area contributed by atoms with Crippen molar-refractivity contribution in [2.45, 2.75) is 0 Å². The van der Waals surface area contributed by atoms with Gasteiger partial charge in [0.1, 0.15) is 11.2 Å². The summed E-state index contributed by atoms with van der Waals surface area (Å²) in [6.45, 7) is 0. The van der Waals surface area contributed by atoms with Crippen molar-refractivity contribution >= 4 is 82.4 Å². The van der Waals surface area contributed by atoms with E-state index in [1.165, 1.54) is 54.5 Å². The number of anilines is 3. The van der Waals surface area contributed by atoms with Crippen LogP contribution in [0.4, 0.5) is 17.1 Å². The first-order chi connectivity index (χ1) is 29.2. The van der Waals surface area contributed by atoms with E-state index in [4.69, 9.17) is 4.42 Å². The van der Waals surface area contributed by atoms with Gasteiger partial charge in [0.25, 0.3) is 0 Å². The molecule has 0 unspecified atom stereocenters. The topological polar surface area (TPSA) is 21.3 Å². The largest absolute Gasteiger partial charge is 0.456 e. The maximum Gasteiger partial charge on any atom is 0.136 e. The van der Waals surface area contributed by atoms with Crippen molar-refractivity contribution in [1.82, 2.24) is 4.57 Å². The molecule has 0 fully saturated rings. The zero-order valence-corrected chi connectivity index (χ0v) is 32.1. The van der Waals surface area contributed by atoms with Crippen molar-refractivity contribution in [2.75, 3.05) is 4.90 Å². The van der Waals surface area contributed by atoms with Crippen LogP contribution in [0.25, 0.3) is 93.2 Å². The van der Waals surface area contributed by atoms with Crippen LogP contribution in [0.5, 0.6) is 0 Å². The molecule has 2 aromatic heterocycles. The van der Waals surface area contributed by atoms with E-state index in [-0.39, 0.29) is 0 Å². The van der Waals surface area contributed by atoms with Crippen molar-refractivity contribution in [3.8, 4) is 27.9 Å². The Labute approximate surface area is 341 Å². The maximum atomic E-state index is 6.62. The number of aromatic nitrogens is 1. The number of rotatable bonds is 6. The molecule has 0 saturated carbocycles. The number of para-hydroxylation sites is 2. The van der Waals surface area contributed by atoms with E-state index in [1.54, 1.807) is 0 Å². The number of hydrogen-bond donors (Lipinski definition) is 0. The van der Waals surface area contributed by atoms with Gasteiger partial charge in [-0.1, -0.05) is 133 Å². The second kappa shape index (κ2) is 13.4. The predicted octanol–water partition coefficient (Wildman–Crippen LogP) is 15.8. The molecule has 59 heavy (non-hydrogen) atoms. The van der Waals surface area contributed by atoms with Gasteiger partial charge in [-0.25, -0.2) is 0 Å². The van der Waals surface area contributed by atoms with Gasteiger partial charge < -0.3 is 13.9 Å². The van der Waals surface area contributed by atoms with Crippen LogP contribution in [0.1, 0.15) is 0 Å². The molecule has 0 aliphatic rings. The fraction of sp³-hybridized carbons (Fsp3) is 0. The molecule has 0 aliphatic carbocycles. The van der Waals surface area contributed by atoms with Crippen molar-refractivity contribution in [3.05, 3.63) is 218 Å². The summed E-state index contributed by atoms with van der Waals surface area (Å²) in [6.07, 6.45) is 0. The van der Waals surface area contributed by atoms with Gasteiger partial charge in [0.15, 0.2) is 0 Å². The van der Waals surface area contributed by atoms with E-state index in [0.29, 0.717) is 0 Å². The maximum absolute atomic E-state index is 6.62. The van der Waals surface area contributed by atoms with Crippen LogP contribution in [0.15, 0.2) is 223 Å².